The van der Waals surface area contributed by atoms with Crippen molar-refractivity contribution in [3.05, 3.63) is 60.7 Å². The van der Waals surface area contributed by atoms with Crippen molar-refractivity contribution in [1.82, 2.24) is 4.57 Å². The van der Waals surface area contributed by atoms with E-state index in [2.05, 4.69) is 16.7 Å². The van der Waals surface area contributed by atoms with E-state index in [0.717, 1.165) is 27.4 Å². The van der Waals surface area contributed by atoms with Crippen molar-refractivity contribution >= 4 is 27.9 Å². The van der Waals surface area contributed by atoms with Gasteiger partial charge in [0.2, 0.25) is 0 Å². The number of hydrogen-bond acceptors (Lipinski definition) is 5. The average Bonchev–Trinajstić information content (AvgIpc) is 3.24. The zero-order valence-corrected chi connectivity index (χ0v) is 20.5. The Kier molecular flexibility index (Phi) is 10.8. The van der Waals surface area contributed by atoms with Crippen LogP contribution in [0.25, 0.3) is 27.9 Å². The predicted octanol–water partition coefficient (Wildman–Crippen LogP) is 0.182. The summed E-state index contributed by atoms with van der Waals surface area (Å²) in [5.41, 5.74) is 2.98. The summed E-state index contributed by atoms with van der Waals surface area (Å²) in [4.78, 5) is 0. The minimum absolute atomic E-state index is 0. The van der Waals surface area contributed by atoms with Gasteiger partial charge in [-0.3, -0.25) is 0 Å². The fourth-order valence-corrected chi connectivity index (χ4v) is 3.61. The molecule has 1 radical (unpaired) electrons. The molecular weight excluding hydrogens is 432 g/mol. The van der Waals surface area contributed by atoms with Gasteiger partial charge in [0.15, 0.2) is 0 Å². The van der Waals surface area contributed by atoms with E-state index in [4.69, 9.17) is 21.8 Å². The van der Waals surface area contributed by atoms with Crippen molar-refractivity contribution in [3.63, 3.8) is 0 Å². The molecule has 0 unspecified atom stereocenters. The van der Waals surface area contributed by atoms with Gasteiger partial charge >= 0.3 is 51.4 Å². The van der Waals surface area contributed by atoms with Gasteiger partial charge in [0.05, 0.1) is 29.8 Å². The summed E-state index contributed by atoms with van der Waals surface area (Å²) in [6, 6.07) is 16.1. The van der Waals surface area contributed by atoms with E-state index in [1.807, 2.05) is 36.4 Å². The van der Waals surface area contributed by atoms with Crippen LogP contribution in [-0.4, -0.2) is 33.6 Å². The number of ether oxygens (including phenoxy) is 1. The van der Waals surface area contributed by atoms with E-state index in [1.165, 1.54) is 6.08 Å². The first kappa shape index (κ1) is 26.1. The summed E-state index contributed by atoms with van der Waals surface area (Å²) in [6.07, 6.45) is 2.12. The Morgan fingerprint density at radius 3 is 2.55 bits per heavy atom. The fourth-order valence-electron chi connectivity index (χ4n) is 3.61. The van der Waals surface area contributed by atoms with Crippen LogP contribution in [0.4, 0.5) is 0 Å². The van der Waals surface area contributed by atoms with Crippen molar-refractivity contribution in [1.29, 1.82) is 10.5 Å². The van der Waals surface area contributed by atoms with Crippen molar-refractivity contribution in [2.75, 3.05) is 6.61 Å². The Bertz CT molecular complexity index is 1060. The van der Waals surface area contributed by atoms with Crippen LogP contribution >= 0.6 is 0 Å². The average molecular weight is 451 g/mol. The Labute approximate surface area is 225 Å². The van der Waals surface area contributed by atoms with E-state index < -0.39 is 12.2 Å². The third-order valence-corrected chi connectivity index (χ3v) is 4.76. The van der Waals surface area contributed by atoms with Crippen LogP contribution < -0.4 is 51.4 Å². The summed E-state index contributed by atoms with van der Waals surface area (Å²) < 4.78 is 7.97. The molecule has 0 aliphatic carbocycles. The SMILES string of the molecule is N#C/C=C/c1ccc2c(c1)c1ccccc1n2[C@H]1C[C@@H](O)[C@@H](CO)O1.[C-]#N.[H-].[K+].[V]. The predicted molar refractivity (Wildman–Crippen MR) is 102 cm³/mol. The van der Waals surface area contributed by atoms with Gasteiger partial charge < -0.3 is 32.8 Å². The molecule has 2 N–H and O–H groups in total. The Morgan fingerprint density at radius 2 is 1.90 bits per heavy atom. The number of fused-ring (bicyclic) bond motifs is 3. The summed E-state index contributed by atoms with van der Waals surface area (Å²) >= 11 is 0. The first-order chi connectivity index (χ1) is 13.2. The smallest absolute Gasteiger partial charge is 1.00 e. The number of allylic oxidation sites excluding steroid dienone is 1. The minimum Gasteiger partial charge on any atom is -1.00 e. The molecule has 2 heterocycles. The second-order valence-corrected chi connectivity index (χ2v) is 6.24. The van der Waals surface area contributed by atoms with Gasteiger partial charge in [-0.2, -0.15) is 5.26 Å². The zero-order valence-electron chi connectivity index (χ0n) is 16.9. The van der Waals surface area contributed by atoms with Gasteiger partial charge in [-0.1, -0.05) is 24.3 Å². The monoisotopic (exact) mass is 451 g/mol. The first-order valence-electron chi connectivity index (χ1n) is 8.48. The largest absolute Gasteiger partial charge is 1.00 e. The fraction of sp³-hybridized carbons (Fsp3) is 0.238. The van der Waals surface area contributed by atoms with E-state index >= 15 is 0 Å². The first-order valence-corrected chi connectivity index (χ1v) is 8.48. The standard InChI is InChI=1S/C20H18N2O3.CN.K.V.H/c21-9-3-4-13-7-8-17-15(10-13)14-5-1-2-6-16(14)22(17)20-11-18(24)19(12-23)25-20;1-2;;;/h1-8,10,18-20,23-24H,11-12H2;;;;/q;-1;+1;;-1/b4-3+;;;;/t18-,19-,20-;;;;/m1..../s1. The molecule has 4 rings (SSSR count). The van der Waals surface area contributed by atoms with Crippen LogP contribution in [0.5, 0.6) is 0 Å². The maximum atomic E-state index is 10.1. The number of para-hydroxylation sites is 1. The molecule has 0 spiro atoms. The molecule has 1 aromatic heterocycles. The van der Waals surface area contributed by atoms with E-state index in [9.17, 15) is 10.2 Å². The number of nitriles is 1. The van der Waals surface area contributed by atoms with Crippen LogP contribution in [0, 0.1) is 23.2 Å². The van der Waals surface area contributed by atoms with Gasteiger partial charge in [0.1, 0.15) is 12.3 Å². The number of rotatable bonds is 3. The second kappa shape index (κ2) is 12.0. The minimum atomic E-state index is -0.677. The number of benzene rings is 2. The third-order valence-electron chi connectivity index (χ3n) is 4.76. The summed E-state index contributed by atoms with van der Waals surface area (Å²) in [6.45, 7) is 4.55. The Hall–Kier alpha value is -0.939. The number of aliphatic hydroxyl groups excluding tert-OH is 2. The number of aliphatic hydroxyl groups is 2. The van der Waals surface area contributed by atoms with E-state index in [-0.39, 0.29) is 84.2 Å². The molecule has 1 saturated heterocycles. The quantitative estimate of drug-likeness (QED) is 0.336. The van der Waals surface area contributed by atoms with Crippen LogP contribution in [0.3, 0.4) is 0 Å². The molecule has 0 saturated carbocycles. The maximum absolute atomic E-state index is 10.1. The van der Waals surface area contributed by atoms with Crippen LogP contribution in [0.2, 0.25) is 0 Å². The van der Waals surface area contributed by atoms with E-state index in [0.29, 0.717) is 6.42 Å². The van der Waals surface area contributed by atoms with Gasteiger partial charge in [0, 0.05) is 41.8 Å². The molecule has 1 fully saturated rings. The number of nitrogens with zero attached hydrogens (tertiary/aromatic N) is 3. The Balaban J connectivity index is 0.00000163. The zero-order chi connectivity index (χ0) is 19.4. The van der Waals surface area contributed by atoms with Crippen LogP contribution in [-0.2, 0) is 23.3 Å². The topological polar surface area (TPSA) is 102 Å². The summed E-state index contributed by atoms with van der Waals surface area (Å²) in [7, 11) is 0. The van der Waals surface area contributed by atoms with Crippen molar-refractivity contribution in [2.24, 2.45) is 0 Å². The van der Waals surface area contributed by atoms with Crippen molar-refractivity contribution in [3.8, 4) is 6.07 Å². The molecule has 0 bridgehead atoms. The molecule has 3 atom stereocenters. The molecule has 1 aliphatic rings. The molecule has 8 heteroatoms. The van der Waals surface area contributed by atoms with Crippen molar-refractivity contribution < 1.29 is 86.3 Å². The van der Waals surface area contributed by atoms with Gasteiger partial charge in [0.25, 0.3) is 0 Å². The van der Waals surface area contributed by atoms with Gasteiger partial charge in [-0.05, 0) is 29.8 Å². The molecular formula is C21H19KN3O3V-. The van der Waals surface area contributed by atoms with Gasteiger partial charge in [-0.25, -0.2) is 0 Å². The maximum Gasteiger partial charge on any atom is 1.00 e. The number of hydrogen-bond donors (Lipinski definition) is 2. The van der Waals surface area contributed by atoms with Crippen molar-refractivity contribution in [2.45, 2.75) is 24.9 Å². The molecule has 2 aromatic carbocycles. The molecule has 1 aliphatic heterocycles. The normalized spacial score (nSPS) is 20.4. The second-order valence-electron chi connectivity index (χ2n) is 6.24. The van der Waals surface area contributed by atoms with E-state index in [1.54, 1.807) is 6.08 Å². The number of aromatic nitrogens is 1. The third kappa shape index (κ3) is 5.22. The molecule has 0 amide bonds. The van der Waals surface area contributed by atoms with Gasteiger partial charge in [-0.15, -0.1) is 0 Å². The van der Waals surface area contributed by atoms with Crippen LogP contribution in [0.1, 0.15) is 19.6 Å². The van der Waals surface area contributed by atoms with Crippen LogP contribution in [0.15, 0.2) is 48.5 Å². The summed E-state index contributed by atoms with van der Waals surface area (Å²) in [5.74, 6) is 0. The molecule has 3 aromatic rings. The Morgan fingerprint density at radius 1 is 1.21 bits per heavy atom. The molecule has 143 valence electrons. The summed E-state index contributed by atoms with van der Waals surface area (Å²) in [5, 5.41) is 36.6. The molecule has 29 heavy (non-hydrogen) atoms. The molecule has 6 nitrogen and oxygen atoms in total.